The van der Waals surface area contributed by atoms with Gasteiger partial charge in [-0.3, -0.25) is 0 Å². The second kappa shape index (κ2) is 4.55. The molecule has 1 atom stereocenters. The molecule has 14 heavy (non-hydrogen) atoms. The first-order valence-electron chi connectivity index (χ1n) is 4.01. The predicted octanol–water partition coefficient (Wildman–Crippen LogP) is 3.54. The molecule has 0 fully saturated rings. The number of halogens is 4. The summed E-state index contributed by atoms with van der Waals surface area (Å²) in [5, 5.41) is 2.42. The maximum Gasteiger partial charge on any atom is 0.258 e. The smallest absolute Gasteiger partial charge is 0.258 e. The Hall–Kier alpha value is -0.900. The Balaban J connectivity index is 2.85. The Morgan fingerprint density at radius 1 is 1.36 bits per heavy atom. The van der Waals surface area contributed by atoms with E-state index in [1.165, 1.54) is 19.1 Å². The lowest BCUT2D eigenvalue weighted by Gasteiger charge is -2.15. The maximum absolute atomic E-state index is 13.1. The lowest BCUT2D eigenvalue weighted by atomic mass is 10.2. The van der Waals surface area contributed by atoms with Crippen LogP contribution in [0.15, 0.2) is 18.2 Å². The third-order valence-corrected chi connectivity index (χ3v) is 2.03. The summed E-state index contributed by atoms with van der Waals surface area (Å²) in [6.45, 7) is 1.26. The SMILES string of the molecule is CC(Nc1c(F)cccc1Cl)C(F)F. The topological polar surface area (TPSA) is 12.0 Å². The van der Waals surface area contributed by atoms with Gasteiger partial charge in [0.1, 0.15) is 5.82 Å². The number of nitrogens with one attached hydrogen (secondary N) is 1. The Kier molecular flexibility index (Phi) is 3.63. The molecule has 0 aliphatic rings. The lowest BCUT2D eigenvalue weighted by Crippen LogP contribution is -2.24. The summed E-state index contributed by atoms with van der Waals surface area (Å²) in [6.07, 6.45) is -2.56. The van der Waals surface area contributed by atoms with Crippen LogP contribution in [-0.2, 0) is 0 Å². The predicted molar refractivity (Wildman–Crippen MR) is 50.5 cm³/mol. The van der Waals surface area contributed by atoms with Gasteiger partial charge in [-0.15, -0.1) is 0 Å². The average molecular weight is 224 g/mol. The summed E-state index contributed by atoms with van der Waals surface area (Å²) >= 11 is 5.63. The first-order chi connectivity index (χ1) is 6.52. The van der Waals surface area contributed by atoms with Gasteiger partial charge in [-0.05, 0) is 19.1 Å². The summed E-state index contributed by atoms with van der Waals surface area (Å²) in [5.41, 5.74) is -0.0815. The van der Waals surface area contributed by atoms with Crippen LogP contribution in [0.1, 0.15) is 6.92 Å². The highest BCUT2D eigenvalue weighted by atomic mass is 35.5. The standard InChI is InChI=1S/C9H9ClF3N/c1-5(9(12)13)14-8-6(10)3-2-4-7(8)11/h2-5,9,14H,1H3. The number of anilines is 1. The molecule has 0 radical (unpaired) electrons. The first-order valence-corrected chi connectivity index (χ1v) is 4.39. The van der Waals surface area contributed by atoms with Gasteiger partial charge in [-0.25, -0.2) is 13.2 Å². The zero-order chi connectivity index (χ0) is 10.7. The molecular weight excluding hydrogens is 215 g/mol. The van der Waals surface area contributed by atoms with Crippen molar-refractivity contribution in [1.29, 1.82) is 0 Å². The summed E-state index contributed by atoms with van der Waals surface area (Å²) in [7, 11) is 0. The fourth-order valence-corrected chi connectivity index (χ4v) is 1.14. The van der Waals surface area contributed by atoms with E-state index in [2.05, 4.69) is 5.32 Å². The molecular formula is C9H9ClF3N. The van der Waals surface area contributed by atoms with Gasteiger partial charge in [0.05, 0.1) is 16.8 Å². The number of hydrogen-bond acceptors (Lipinski definition) is 1. The zero-order valence-corrected chi connectivity index (χ0v) is 8.15. The van der Waals surface area contributed by atoms with Gasteiger partial charge in [0.15, 0.2) is 0 Å². The molecule has 5 heteroatoms. The second-order valence-electron chi connectivity index (χ2n) is 2.86. The molecule has 0 saturated heterocycles. The van der Waals surface area contributed by atoms with E-state index < -0.39 is 18.3 Å². The normalized spacial score (nSPS) is 13.0. The molecule has 1 N–H and O–H groups in total. The minimum Gasteiger partial charge on any atom is -0.373 e. The van der Waals surface area contributed by atoms with E-state index in [1.807, 2.05) is 0 Å². The van der Waals surface area contributed by atoms with Crippen LogP contribution in [0.2, 0.25) is 5.02 Å². The first kappa shape index (κ1) is 11.2. The molecule has 0 aliphatic carbocycles. The fourth-order valence-electron chi connectivity index (χ4n) is 0.926. The van der Waals surface area contributed by atoms with Gasteiger partial charge in [0.2, 0.25) is 0 Å². The molecule has 0 bridgehead atoms. The molecule has 1 unspecified atom stereocenters. The van der Waals surface area contributed by atoms with E-state index in [-0.39, 0.29) is 10.7 Å². The van der Waals surface area contributed by atoms with Crippen molar-refractivity contribution in [2.24, 2.45) is 0 Å². The van der Waals surface area contributed by atoms with Gasteiger partial charge in [0, 0.05) is 0 Å². The van der Waals surface area contributed by atoms with Crippen molar-refractivity contribution in [1.82, 2.24) is 0 Å². The highest BCUT2D eigenvalue weighted by Crippen LogP contribution is 2.25. The monoisotopic (exact) mass is 223 g/mol. The Morgan fingerprint density at radius 3 is 2.50 bits per heavy atom. The summed E-state index contributed by atoms with van der Waals surface area (Å²) in [5.74, 6) is -0.634. The fraction of sp³-hybridized carbons (Fsp3) is 0.333. The Labute approximate surface area is 84.9 Å². The summed E-state index contributed by atoms with van der Waals surface area (Å²) in [6, 6.07) is 2.87. The van der Waals surface area contributed by atoms with Gasteiger partial charge >= 0.3 is 0 Å². The molecule has 0 aromatic heterocycles. The number of benzene rings is 1. The molecule has 1 nitrogen and oxygen atoms in total. The van der Waals surface area contributed by atoms with E-state index >= 15 is 0 Å². The molecule has 0 amide bonds. The van der Waals surface area contributed by atoms with Crippen molar-refractivity contribution >= 4 is 17.3 Å². The Morgan fingerprint density at radius 2 is 2.00 bits per heavy atom. The van der Waals surface area contributed by atoms with Crippen LogP contribution in [0.25, 0.3) is 0 Å². The Bertz CT molecular complexity index is 297. The average Bonchev–Trinajstić information content (AvgIpc) is 2.11. The van der Waals surface area contributed by atoms with Crippen molar-refractivity contribution < 1.29 is 13.2 Å². The van der Waals surface area contributed by atoms with Gasteiger partial charge in [-0.1, -0.05) is 17.7 Å². The molecule has 1 aromatic rings. The molecule has 0 saturated carbocycles. The van der Waals surface area contributed by atoms with Gasteiger partial charge < -0.3 is 5.32 Å². The van der Waals surface area contributed by atoms with E-state index in [0.717, 1.165) is 6.07 Å². The number of hydrogen-bond donors (Lipinski definition) is 1. The molecule has 78 valence electrons. The van der Waals surface area contributed by atoms with E-state index in [9.17, 15) is 13.2 Å². The van der Waals surface area contributed by atoms with Crippen molar-refractivity contribution in [3.05, 3.63) is 29.0 Å². The molecule has 0 aliphatic heterocycles. The summed E-state index contributed by atoms with van der Waals surface area (Å²) in [4.78, 5) is 0. The van der Waals surface area contributed by atoms with Crippen LogP contribution >= 0.6 is 11.6 Å². The van der Waals surface area contributed by atoms with Crippen LogP contribution in [0.3, 0.4) is 0 Å². The van der Waals surface area contributed by atoms with Gasteiger partial charge in [-0.2, -0.15) is 0 Å². The number of para-hydroxylation sites is 1. The van der Waals surface area contributed by atoms with E-state index in [4.69, 9.17) is 11.6 Å². The van der Waals surface area contributed by atoms with E-state index in [0.29, 0.717) is 0 Å². The lowest BCUT2D eigenvalue weighted by molar-refractivity contribution is 0.130. The zero-order valence-electron chi connectivity index (χ0n) is 7.40. The van der Waals surface area contributed by atoms with Crippen molar-refractivity contribution in [2.75, 3.05) is 5.32 Å². The van der Waals surface area contributed by atoms with Crippen LogP contribution < -0.4 is 5.32 Å². The third-order valence-electron chi connectivity index (χ3n) is 1.71. The number of alkyl halides is 2. The molecule has 0 spiro atoms. The van der Waals surface area contributed by atoms with Crippen LogP contribution in [-0.4, -0.2) is 12.5 Å². The van der Waals surface area contributed by atoms with Crippen molar-refractivity contribution in [3.63, 3.8) is 0 Å². The van der Waals surface area contributed by atoms with Crippen molar-refractivity contribution in [2.45, 2.75) is 19.4 Å². The largest absolute Gasteiger partial charge is 0.373 e. The highest BCUT2D eigenvalue weighted by molar-refractivity contribution is 6.33. The molecule has 1 aromatic carbocycles. The quantitative estimate of drug-likeness (QED) is 0.827. The minimum atomic E-state index is -2.56. The second-order valence-corrected chi connectivity index (χ2v) is 3.27. The van der Waals surface area contributed by atoms with Crippen molar-refractivity contribution in [3.8, 4) is 0 Å². The number of rotatable bonds is 3. The van der Waals surface area contributed by atoms with Gasteiger partial charge in [0.25, 0.3) is 6.43 Å². The molecule has 0 heterocycles. The van der Waals surface area contributed by atoms with E-state index in [1.54, 1.807) is 0 Å². The van der Waals surface area contributed by atoms with Crippen LogP contribution in [0, 0.1) is 5.82 Å². The summed E-state index contributed by atoms with van der Waals surface area (Å²) < 4.78 is 37.4. The van der Waals surface area contributed by atoms with Crippen LogP contribution in [0.5, 0.6) is 0 Å². The van der Waals surface area contributed by atoms with Crippen LogP contribution in [0.4, 0.5) is 18.9 Å². The highest BCUT2D eigenvalue weighted by Gasteiger charge is 2.17. The minimum absolute atomic E-state index is 0.0815. The maximum atomic E-state index is 13.1. The molecule has 1 rings (SSSR count). The third kappa shape index (κ3) is 2.54.